The van der Waals surface area contributed by atoms with Crippen LogP contribution in [0.1, 0.15) is 28.4 Å². The van der Waals surface area contributed by atoms with Crippen LogP contribution >= 0.6 is 0 Å². The zero-order chi connectivity index (χ0) is 19.6. The van der Waals surface area contributed by atoms with Crippen LogP contribution in [0, 0.1) is 18.3 Å². The molecule has 6 nitrogen and oxygen atoms in total. The van der Waals surface area contributed by atoms with Gasteiger partial charge in [0.05, 0.1) is 16.5 Å². The van der Waals surface area contributed by atoms with E-state index in [9.17, 15) is 13.2 Å². The third-order valence-electron chi connectivity index (χ3n) is 4.79. The molecule has 1 aliphatic heterocycles. The lowest BCUT2D eigenvalue weighted by Crippen LogP contribution is -2.55. The van der Waals surface area contributed by atoms with Crippen LogP contribution in [0.4, 0.5) is 0 Å². The van der Waals surface area contributed by atoms with Crippen LogP contribution < -0.4 is 0 Å². The van der Waals surface area contributed by atoms with Gasteiger partial charge in [-0.25, -0.2) is 8.42 Å². The summed E-state index contributed by atoms with van der Waals surface area (Å²) in [4.78, 5) is 14.6. The van der Waals surface area contributed by atoms with Gasteiger partial charge < -0.3 is 4.90 Å². The Kier molecular flexibility index (Phi) is 5.31. The Labute approximate surface area is 159 Å². The second kappa shape index (κ2) is 7.51. The van der Waals surface area contributed by atoms with Crippen LogP contribution in [0.25, 0.3) is 0 Å². The summed E-state index contributed by atoms with van der Waals surface area (Å²) in [5, 5.41) is 8.97. The van der Waals surface area contributed by atoms with E-state index in [0.29, 0.717) is 23.2 Å². The first-order valence-corrected chi connectivity index (χ1v) is 10.2. The number of benzene rings is 2. The highest BCUT2D eigenvalue weighted by Crippen LogP contribution is 2.24. The van der Waals surface area contributed by atoms with E-state index in [4.69, 9.17) is 5.26 Å². The lowest BCUT2D eigenvalue weighted by atomic mass is 10.1. The van der Waals surface area contributed by atoms with Gasteiger partial charge >= 0.3 is 0 Å². The second-order valence-electron chi connectivity index (χ2n) is 6.67. The van der Waals surface area contributed by atoms with Gasteiger partial charge in [0.1, 0.15) is 0 Å². The Bertz CT molecular complexity index is 997. The van der Waals surface area contributed by atoms with Crippen LogP contribution in [-0.2, 0) is 10.0 Å². The Morgan fingerprint density at radius 2 is 1.85 bits per heavy atom. The Balaban J connectivity index is 1.79. The number of amides is 1. The highest BCUT2D eigenvalue weighted by atomic mass is 32.2. The molecule has 1 atom stereocenters. The van der Waals surface area contributed by atoms with E-state index in [1.54, 1.807) is 30.0 Å². The maximum Gasteiger partial charge on any atom is 0.254 e. The standard InChI is InChI=1S/C20H21N3O3S/c1-15-12-17(13-21)8-9-19(15)27(25,26)22-10-11-23(16(2)14-22)20(24)18-6-4-3-5-7-18/h3-9,12,16H,10-11,14H2,1-2H3. The molecule has 1 fully saturated rings. The van der Waals surface area contributed by atoms with Crippen molar-refractivity contribution in [2.75, 3.05) is 19.6 Å². The molecule has 0 N–H and O–H groups in total. The van der Waals surface area contributed by atoms with Crippen molar-refractivity contribution in [1.82, 2.24) is 9.21 Å². The minimum Gasteiger partial charge on any atom is -0.333 e. The zero-order valence-electron chi connectivity index (χ0n) is 15.3. The highest BCUT2D eigenvalue weighted by Gasteiger charge is 2.35. The minimum atomic E-state index is -3.68. The van der Waals surface area contributed by atoms with Crippen molar-refractivity contribution >= 4 is 15.9 Å². The van der Waals surface area contributed by atoms with Gasteiger partial charge in [0.2, 0.25) is 10.0 Å². The lowest BCUT2D eigenvalue weighted by Gasteiger charge is -2.39. The fraction of sp³-hybridized carbons (Fsp3) is 0.300. The number of aryl methyl sites for hydroxylation is 1. The Hall–Kier alpha value is -2.69. The number of carbonyl (C=O) groups excluding carboxylic acids is 1. The van der Waals surface area contributed by atoms with Crippen LogP contribution in [0.3, 0.4) is 0 Å². The molecule has 3 rings (SSSR count). The summed E-state index contributed by atoms with van der Waals surface area (Å²) in [5.74, 6) is -0.0882. The minimum absolute atomic E-state index is 0.0882. The Morgan fingerprint density at radius 1 is 1.15 bits per heavy atom. The highest BCUT2D eigenvalue weighted by molar-refractivity contribution is 7.89. The molecule has 0 saturated carbocycles. The quantitative estimate of drug-likeness (QED) is 0.815. The molecule has 27 heavy (non-hydrogen) atoms. The summed E-state index contributed by atoms with van der Waals surface area (Å²) >= 11 is 0. The number of rotatable bonds is 3. The van der Waals surface area contributed by atoms with Crippen molar-refractivity contribution in [3.63, 3.8) is 0 Å². The fourth-order valence-corrected chi connectivity index (χ4v) is 5.06. The van der Waals surface area contributed by atoms with Crippen molar-refractivity contribution in [3.05, 3.63) is 65.2 Å². The topological polar surface area (TPSA) is 81.5 Å². The van der Waals surface area contributed by atoms with Crippen LogP contribution in [0.5, 0.6) is 0 Å². The van der Waals surface area contributed by atoms with Gasteiger partial charge in [-0.05, 0) is 49.7 Å². The number of nitrogens with zero attached hydrogens (tertiary/aromatic N) is 3. The summed E-state index contributed by atoms with van der Waals surface area (Å²) in [5.41, 5.74) is 1.58. The molecule has 1 amide bonds. The van der Waals surface area contributed by atoms with E-state index < -0.39 is 10.0 Å². The number of nitriles is 1. The molecule has 2 aromatic carbocycles. The summed E-state index contributed by atoms with van der Waals surface area (Å²) in [6.45, 7) is 4.36. The molecule has 7 heteroatoms. The molecule has 1 aliphatic rings. The van der Waals surface area contributed by atoms with Crippen LogP contribution in [0.2, 0.25) is 0 Å². The smallest absolute Gasteiger partial charge is 0.254 e. The third-order valence-corrected chi connectivity index (χ3v) is 6.82. The normalized spacial score (nSPS) is 18.1. The summed E-state index contributed by atoms with van der Waals surface area (Å²) < 4.78 is 27.5. The van der Waals surface area contributed by atoms with Crippen LogP contribution in [0.15, 0.2) is 53.4 Å². The molecule has 1 unspecified atom stereocenters. The average molecular weight is 383 g/mol. The van der Waals surface area contributed by atoms with E-state index in [1.165, 1.54) is 16.4 Å². The van der Waals surface area contributed by atoms with E-state index >= 15 is 0 Å². The van der Waals surface area contributed by atoms with Crippen molar-refractivity contribution < 1.29 is 13.2 Å². The van der Waals surface area contributed by atoms with Gasteiger partial charge in [0.15, 0.2) is 0 Å². The van der Waals surface area contributed by atoms with E-state index in [-0.39, 0.29) is 29.9 Å². The number of carbonyl (C=O) groups is 1. The third kappa shape index (κ3) is 3.72. The van der Waals surface area contributed by atoms with Gasteiger partial charge in [-0.2, -0.15) is 9.57 Å². The number of hydrogen-bond donors (Lipinski definition) is 0. The van der Waals surface area contributed by atoms with Crippen molar-refractivity contribution in [2.45, 2.75) is 24.8 Å². The molecule has 140 valence electrons. The monoisotopic (exact) mass is 383 g/mol. The molecular formula is C20H21N3O3S. The average Bonchev–Trinajstić information content (AvgIpc) is 2.67. The van der Waals surface area contributed by atoms with Gasteiger partial charge in [-0.3, -0.25) is 4.79 Å². The van der Waals surface area contributed by atoms with Crippen molar-refractivity contribution in [3.8, 4) is 6.07 Å². The van der Waals surface area contributed by atoms with Gasteiger partial charge in [-0.1, -0.05) is 18.2 Å². The van der Waals surface area contributed by atoms with E-state index in [1.807, 2.05) is 31.2 Å². The van der Waals surface area contributed by atoms with Crippen molar-refractivity contribution in [1.29, 1.82) is 5.26 Å². The number of sulfonamides is 1. The molecule has 0 radical (unpaired) electrons. The van der Waals surface area contributed by atoms with Gasteiger partial charge in [0, 0.05) is 31.2 Å². The number of hydrogen-bond acceptors (Lipinski definition) is 4. The summed E-state index contributed by atoms with van der Waals surface area (Å²) in [7, 11) is -3.68. The number of piperazine rings is 1. The predicted molar refractivity (Wildman–Crippen MR) is 102 cm³/mol. The molecule has 1 saturated heterocycles. The molecule has 2 aromatic rings. The lowest BCUT2D eigenvalue weighted by molar-refractivity contribution is 0.0591. The first kappa shape index (κ1) is 19.1. The maximum absolute atomic E-state index is 13.0. The molecule has 0 aromatic heterocycles. The first-order chi connectivity index (χ1) is 12.8. The van der Waals surface area contributed by atoms with Gasteiger partial charge in [0.25, 0.3) is 5.91 Å². The molecule has 0 bridgehead atoms. The van der Waals surface area contributed by atoms with Crippen molar-refractivity contribution in [2.24, 2.45) is 0 Å². The molecule has 0 aliphatic carbocycles. The molecule has 1 heterocycles. The molecule has 0 spiro atoms. The SMILES string of the molecule is Cc1cc(C#N)ccc1S(=O)(=O)N1CCN(C(=O)c2ccccc2)C(C)C1. The first-order valence-electron chi connectivity index (χ1n) is 8.71. The largest absolute Gasteiger partial charge is 0.333 e. The fourth-order valence-electron chi connectivity index (χ4n) is 3.34. The van der Waals surface area contributed by atoms with Gasteiger partial charge in [-0.15, -0.1) is 0 Å². The maximum atomic E-state index is 13.0. The predicted octanol–water partition coefficient (Wildman–Crippen LogP) is 2.40. The Morgan fingerprint density at radius 3 is 2.44 bits per heavy atom. The summed E-state index contributed by atoms with van der Waals surface area (Å²) in [6.07, 6.45) is 0. The van der Waals surface area contributed by atoms with E-state index in [2.05, 4.69) is 0 Å². The summed E-state index contributed by atoms with van der Waals surface area (Å²) in [6, 6.07) is 15.3. The molecular weight excluding hydrogens is 362 g/mol. The van der Waals surface area contributed by atoms with E-state index in [0.717, 1.165) is 0 Å². The van der Waals surface area contributed by atoms with Crippen LogP contribution in [-0.4, -0.2) is 49.2 Å². The second-order valence-corrected chi connectivity index (χ2v) is 8.58. The zero-order valence-corrected chi connectivity index (χ0v) is 16.1.